The van der Waals surface area contributed by atoms with Gasteiger partial charge in [-0.2, -0.15) is 0 Å². The molecule has 4 nitrogen and oxygen atoms in total. The van der Waals surface area contributed by atoms with E-state index in [0.29, 0.717) is 0 Å². The summed E-state index contributed by atoms with van der Waals surface area (Å²) >= 11 is 0. The van der Waals surface area contributed by atoms with Crippen LogP contribution < -0.4 is 4.90 Å². The number of benzene rings is 1. The van der Waals surface area contributed by atoms with Crippen LogP contribution in [0.4, 0.5) is 5.69 Å². The van der Waals surface area contributed by atoms with E-state index < -0.39 is 0 Å². The average Bonchev–Trinajstić information content (AvgIpc) is 2.55. The number of hydrogen-bond acceptors (Lipinski definition) is 4. The molecular weight excluding hydrogens is 274 g/mol. The topological polar surface area (TPSA) is 39.6 Å². The highest BCUT2D eigenvalue weighted by Crippen LogP contribution is 2.25. The van der Waals surface area contributed by atoms with E-state index >= 15 is 0 Å². The third-order valence-corrected chi connectivity index (χ3v) is 4.41. The Morgan fingerprint density at radius 3 is 2.77 bits per heavy atom. The first-order valence-corrected chi connectivity index (χ1v) is 7.82. The van der Waals surface area contributed by atoms with Crippen LogP contribution in [0, 0.1) is 0 Å². The van der Waals surface area contributed by atoms with Gasteiger partial charge in [0.1, 0.15) is 0 Å². The molecule has 1 unspecified atom stereocenters. The third kappa shape index (κ3) is 3.29. The number of anilines is 1. The summed E-state index contributed by atoms with van der Waals surface area (Å²) in [6, 6.07) is 14.7. The smallest absolute Gasteiger partial charge is 0.0776 e. The highest BCUT2D eigenvalue weighted by molar-refractivity contribution is 5.51. The Bertz CT molecular complexity index is 602. The molecule has 22 heavy (non-hydrogen) atoms. The van der Waals surface area contributed by atoms with Crippen LogP contribution in [-0.4, -0.2) is 41.2 Å². The molecular formula is C18H23N3O. The number of aliphatic hydroxyl groups is 1. The molecule has 0 saturated heterocycles. The SMILES string of the molecule is CN1c2cccnc2CN(Cc2ccccc2)CCC1CO. The molecule has 1 aliphatic rings. The molecule has 1 atom stereocenters. The Hall–Kier alpha value is -1.91. The molecule has 1 N–H and O–H groups in total. The number of pyridine rings is 1. The zero-order chi connectivity index (χ0) is 15.4. The van der Waals surface area contributed by atoms with Crippen molar-refractivity contribution >= 4 is 5.69 Å². The maximum Gasteiger partial charge on any atom is 0.0776 e. The number of rotatable bonds is 3. The van der Waals surface area contributed by atoms with E-state index in [1.54, 1.807) is 0 Å². The first-order chi connectivity index (χ1) is 10.8. The number of fused-ring (bicyclic) bond motifs is 1. The predicted molar refractivity (Wildman–Crippen MR) is 88.7 cm³/mol. The molecule has 0 amide bonds. The van der Waals surface area contributed by atoms with Crippen LogP contribution in [0.5, 0.6) is 0 Å². The first kappa shape index (κ1) is 15.0. The highest BCUT2D eigenvalue weighted by atomic mass is 16.3. The molecule has 0 aliphatic carbocycles. The minimum Gasteiger partial charge on any atom is -0.394 e. The van der Waals surface area contributed by atoms with Crippen molar-refractivity contribution in [1.29, 1.82) is 0 Å². The molecule has 1 aromatic carbocycles. The fourth-order valence-corrected chi connectivity index (χ4v) is 3.08. The molecule has 4 heteroatoms. The van der Waals surface area contributed by atoms with Crippen molar-refractivity contribution in [2.75, 3.05) is 25.1 Å². The van der Waals surface area contributed by atoms with E-state index in [-0.39, 0.29) is 12.6 Å². The van der Waals surface area contributed by atoms with Crippen molar-refractivity contribution < 1.29 is 5.11 Å². The second kappa shape index (κ2) is 6.90. The van der Waals surface area contributed by atoms with Gasteiger partial charge < -0.3 is 10.0 Å². The van der Waals surface area contributed by atoms with Gasteiger partial charge in [-0.05, 0) is 24.1 Å². The van der Waals surface area contributed by atoms with E-state index in [4.69, 9.17) is 0 Å². The fourth-order valence-electron chi connectivity index (χ4n) is 3.08. The highest BCUT2D eigenvalue weighted by Gasteiger charge is 2.23. The Morgan fingerprint density at radius 2 is 2.00 bits per heavy atom. The van der Waals surface area contributed by atoms with E-state index in [2.05, 4.69) is 45.1 Å². The summed E-state index contributed by atoms with van der Waals surface area (Å²) in [5, 5.41) is 9.70. The summed E-state index contributed by atoms with van der Waals surface area (Å²) in [6.45, 7) is 2.89. The van der Waals surface area contributed by atoms with Crippen molar-refractivity contribution in [2.24, 2.45) is 0 Å². The van der Waals surface area contributed by atoms with Crippen LogP contribution in [0.15, 0.2) is 48.7 Å². The van der Waals surface area contributed by atoms with Gasteiger partial charge in [0.05, 0.1) is 24.0 Å². The third-order valence-electron chi connectivity index (χ3n) is 4.41. The molecule has 1 aromatic heterocycles. The number of aromatic nitrogens is 1. The molecule has 116 valence electrons. The zero-order valence-electron chi connectivity index (χ0n) is 13.0. The molecule has 3 rings (SSSR count). The largest absolute Gasteiger partial charge is 0.394 e. The van der Waals surface area contributed by atoms with Crippen molar-refractivity contribution in [3.8, 4) is 0 Å². The van der Waals surface area contributed by atoms with Crippen molar-refractivity contribution in [1.82, 2.24) is 9.88 Å². The normalized spacial score (nSPS) is 19.4. The number of nitrogens with zero attached hydrogens (tertiary/aromatic N) is 3. The molecule has 2 heterocycles. The van der Waals surface area contributed by atoms with Crippen LogP contribution in [0.1, 0.15) is 17.7 Å². The van der Waals surface area contributed by atoms with Crippen LogP contribution >= 0.6 is 0 Å². The minimum atomic E-state index is 0.140. The summed E-state index contributed by atoms with van der Waals surface area (Å²) in [6.07, 6.45) is 2.80. The van der Waals surface area contributed by atoms with E-state index in [1.807, 2.05) is 25.4 Å². The van der Waals surface area contributed by atoms with E-state index in [0.717, 1.165) is 37.4 Å². The Morgan fingerprint density at radius 1 is 1.18 bits per heavy atom. The number of aliphatic hydroxyl groups excluding tert-OH is 1. The van der Waals surface area contributed by atoms with Crippen LogP contribution in [0.3, 0.4) is 0 Å². The number of likely N-dealkylation sites (N-methyl/N-ethyl adjacent to an activating group) is 1. The van der Waals surface area contributed by atoms with Gasteiger partial charge in [-0.3, -0.25) is 9.88 Å². The lowest BCUT2D eigenvalue weighted by atomic mass is 10.1. The average molecular weight is 297 g/mol. The van der Waals surface area contributed by atoms with E-state index in [9.17, 15) is 5.11 Å². The van der Waals surface area contributed by atoms with Gasteiger partial charge in [-0.1, -0.05) is 30.3 Å². The summed E-state index contributed by atoms with van der Waals surface area (Å²) in [5.74, 6) is 0. The quantitative estimate of drug-likeness (QED) is 0.943. The standard InChI is InChI=1S/C18H23N3O/c1-20-16(14-22)9-11-21(12-15-6-3-2-4-7-15)13-17-18(20)8-5-10-19-17/h2-8,10,16,22H,9,11-14H2,1H3. The monoisotopic (exact) mass is 297 g/mol. The Balaban J connectivity index is 1.85. The lowest BCUT2D eigenvalue weighted by molar-refractivity contribution is 0.204. The second-order valence-corrected chi connectivity index (χ2v) is 5.90. The van der Waals surface area contributed by atoms with Crippen LogP contribution in [-0.2, 0) is 13.1 Å². The Kier molecular flexibility index (Phi) is 4.71. The predicted octanol–water partition coefficient (Wildman–Crippen LogP) is 2.28. The minimum absolute atomic E-state index is 0.140. The summed E-state index contributed by atoms with van der Waals surface area (Å²) in [7, 11) is 2.05. The Labute approximate surface area is 132 Å². The molecule has 0 bridgehead atoms. The van der Waals surface area contributed by atoms with Gasteiger partial charge in [0, 0.05) is 32.9 Å². The fraction of sp³-hybridized carbons (Fsp3) is 0.389. The second-order valence-electron chi connectivity index (χ2n) is 5.90. The van der Waals surface area contributed by atoms with Gasteiger partial charge >= 0.3 is 0 Å². The molecule has 0 saturated carbocycles. The van der Waals surface area contributed by atoms with Crippen molar-refractivity contribution in [2.45, 2.75) is 25.6 Å². The maximum absolute atomic E-state index is 9.70. The number of hydrogen-bond donors (Lipinski definition) is 1. The van der Waals surface area contributed by atoms with Gasteiger partial charge in [0.25, 0.3) is 0 Å². The van der Waals surface area contributed by atoms with Gasteiger partial charge in [-0.15, -0.1) is 0 Å². The van der Waals surface area contributed by atoms with Gasteiger partial charge in [-0.25, -0.2) is 0 Å². The van der Waals surface area contributed by atoms with Crippen molar-refractivity contribution in [3.63, 3.8) is 0 Å². The van der Waals surface area contributed by atoms with Crippen LogP contribution in [0.2, 0.25) is 0 Å². The van der Waals surface area contributed by atoms with E-state index in [1.165, 1.54) is 5.56 Å². The van der Waals surface area contributed by atoms with Gasteiger partial charge in [0.15, 0.2) is 0 Å². The van der Waals surface area contributed by atoms with Gasteiger partial charge in [0.2, 0.25) is 0 Å². The molecule has 0 radical (unpaired) electrons. The summed E-state index contributed by atoms with van der Waals surface area (Å²) < 4.78 is 0. The van der Waals surface area contributed by atoms with Crippen LogP contribution in [0.25, 0.3) is 0 Å². The first-order valence-electron chi connectivity index (χ1n) is 7.82. The molecule has 2 aromatic rings. The zero-order valence-corrected chi connectivity index (χ0v) is 13.0. The molecule has 1 aliphatic heterocycles. The summed E-state index contributed by atoms with van der Waals surface area (Å²) in [4.78, 5) is 9.15. The maximum atomic E-state index is 9.70. The molecule has 0 spiro atoms. The lowest BCUT2D eigenvalue weighted by Gasteiger charge is -2.35. The lowest BCUT2D eigenvalue weighted by Crippen LogP contribution is -2.41. The van der Waals surface area contributed by atoms with Crippen molar-refractivity contribution in [3.05, 3.63) is 59.9 Å². The summed E-state index contributed by atoms with van der Waals surface area (Å²) in [5.41, 5.74) is 3.52. The molecule has 0 fully saturated rings.